The predicted octanol–water partition coefficient (Wildman–Crippen LogP) is 0.0961. The third-order valence-corrected chi connectivity index (χ3v) is 3.42. The Balaban J connectivity index is 2.03. The first-order valence-corrected chi connectivity index (χ1v) is 6.04. The second kappa shape index (κ2) is 5.06. The van der Waals surface area contributed by atoms with Gasteiger partial charge in [0.2, 0.25) is 0 Å². The number of aromatic amines is 2. The third-order valence-electron chi connectivity index (χ3n) is 2.28. The highest BCUT2D eigenvalue weighted by molar-refractivity contribution is 7.13. The quantitative estimate of drug-likeness (QED) is 0.632. The molecule has 0 aliphatic rings. The lowest BCUT2D eigenvalue weighted by atomic mass is 10.4. The van der Waals surface area contributed by atoms with Gasteiger partial charge in [-0.3, -0.25) is 4.79 Å². The Morgan fingerprint density at radius 1 is 1.53 bits per heavy atom. The zero-order chi connectivity index (χ0) is 14.0. The zero-order valence-corrected chi connectivity index (χ0v) is 10.6. The number of amides is 1. The summed E-state index contributed by atoms with van der Waals surface area (Å²) in [5, 5.41) is 11.9. The number of nitrogens with one attached hydrogen (secondary N) is 3. The number of carbonyl (C=O) groups is 2. The van der Waals surface area contributed by atoms with Gasteiger partial charge in [-0.05, 0) is 6.92 Å². The highest BCUT2D eigenvalue weighted by atomic mass is 32.1. The summed E-state index contributed by atoms with van der Waals surface area (Å²) in [6.45, 7) is 1.69. The van der Waals surface area contributed by atoms with E-state index in [-0.39, 0.29) is 17.1 Å². The van der Waals surface area contributed by atoms with Crippen molar-refractivity contribution in [1.29, 1.82) is 0 Å². The van der Waals surface area contributed by atoms with Gasteiger partial charge in [0.25, 0.3) is 5.91 Å². The van der Waals surface area contributed by atoms with Crippen molar-refractivity contribution in [2.75, 3.05) is 0 Å². The van der Waals surface area contributed by atoms with Crippen molar-refractivity contribution in [3.05, 3.63) is 38.0 Å². The third kappa shape index (κ3) is 2.88. The average Bonchev–Trinajstić information content (AvgIpc) is 2.92. The summed E-state index contributed by atoms with van der Waals surface area (Å²) in [5.41, 5.74) is 0.0527. The van der Waals surface area contributed by atoms with Crippen molar-refractivity contribution >= 4 is 23.2 Å². The number of H-pyrrole nitrogens is 2. The summed E-state index contributed by atoms with van der Waals surface area (Å²) >= 11 is 1.00. The van der Waals surface area contributed by atoms with Gasteiger partial charge >= 0.3 is 11.7 Å². The molecule has 0 aromatic carbocycles. The van der Waals surface area contributed by atoms with Crippen molar-refractivity contribution < 1.29 is 14.7 Å². The minimum Gasteiger partial charge on any atom is -0.477 e. The van der Waals surface area contributed by atoms with Crippen LogP contribution in [-0.2, 0) is 6.54 Å². The standard InChI is InChI=1S/C10H10N4O4S/c1-4-7(9(16)17)19-6(13-4)3-11-8(15)5-2-12-10(18)14-5/h2H,3H2,1H3,(H,11,15)(H,16,17)(H2,12,14,18). The van der Waals surface area contributed by atoms with Crippen LogP contribution in [0.3, 0.4) is 0 Å². The summed E-state index contributed by atoms with van der Waals surface area (Å²) < 4.78 is 0. The first-order valence-electron chi connectivity index (χ1n) is 5.23. The molecule has 8 nitrogen and oxygen atoms in total. The van der Waals surface area contributed by atoms with Crippen molar-refractivity contribution in [2.45, 2.75) is 13.5 Å². The molecule has 0 spiro atoms. The fourth-order valence-electron chi connectivity index (χ4n) is 1.43. The minimum absolute atomic E-state index is 0.102. The lowest BCUT2D eigenvalue weighted by molar-refractivity contribution is 0.0701. The minimum atomic E-state index is -1.04. The van der Waals surface area contributed by atoms with Gasteiger partial charge in [-0.2, -0.15) is 0 Å². The summed E-state index contributed by atoms with van der Waals surface area (Å²) in [6, 6.07) is 0. The molecule has 9 heteroatoms. The Morgan fingerprint density at radius 2 is 2.26 bits per heavy atom. The fourth-order valence-corrected chi connectivity index (χ4v) is 2.28. The van der Waals surface area contributed by atoms with Gasteiger partial charge < -0.3 is 20.4 Å². The summed E-state index contributed by atoms with van der Waals surface area (Å²) in [7, 11) is 0. The van der Waals surface area contributed by atoms with Crippen LogP contribution < -0.4 is 11.0 Å². The molecule has 4 N–H and O–H groups in total. The van der Waals surface area contributed by atoms with E-state index in [2.05, 4.69) is 20.3 Å². The number of rotatable bonds is 4. The van der Waals surface area contributed by atoms with Crippen molar-refractivity contribution in [1.82, 2.24) is 20.3 Å². The second-order valence-electron chi connectivity index (χ2n) is 3.67. The molecule has 0 fully saturated rings. The van der Waals surface area contributed by atoms with Crippen LogP contribution >= 0.6 is 11.3 Å². The van der Waals surface area contributed by atoms with Gasteiger partial charge in [-0.1, -0.05) is 0 Å². The Morgan fingerprint density at radius 3 is 2.79 bits per heavy atom. The molecule has 2 rings (SSSR count). The number of aromatic nitrogens is 3. The van der Waals surface area contributed by atoms with Crippen molar-refractivity contribution in [3.8, 4) is 0 Å². The molecule has 100 valence electrons. The van der Waals surface area contributed by atoms with Crippen LogP contribution in [0.15, 0.2) is 11.0 Å². The molecular formula is C10H10N4O4S. The number of thiazole rings is 1. The molecular weight excluding hydrogens is 272 g/mol. The van der Waals surface area contributed by atoms with Gasteiger partial charge in [0.05, 0.1) is 12.2 Å². The molecule has 0 saturated carbocycles. The van der Waals surface area contributed by atoms with Gasteiger partial charge in [-0.15, -0.1) is 11.3 Å². The first kappa shape index (κ1) is 13.0. The summed E-state index contributed by atoms with van der Waals surface area (Å²) in [6.07, 6.45) is 1.26. The fraction of sp³-hybridized carbons (Fsp3) is 0.200. The van der Waals surface area contributed by atoms with E-state index in [0.717, 1.165) is 11.3 Å². The summed E-state index contributed by atoms with van der Waals surface area (Å²) in [4.78, 5) is 42.1. The maximum Gasteiger partial charge on any atom is 0.347 e. The number of aromatic carboxylic acids is 1. The normalized spacial score (nSPS) is 10.4. The van der Waals surface area contributed by atoms with E-state index < -0.39 is 17.6 Å². The number of nitrogens with zero attached hydrogens (tertiary/aromatic N) is 1. The van der Waals surface area contributed by atoms with Gasteiger partial charge in [-0.25, -0.2) is 14.6 Å². The molecule has 0 aliphatic carbocycles. The van der Waals surface area contributed by atoms with E-state index >= 15 is 0 Å². The molecule has 0 bridgehead atoms. The van der Waals surface area contributed by atoms with E-state index in [4.69, 9.17) is 5.11 Å². The Bertz CT molecular complexity index is 684. The SMILES string of the molecule is Cc1nc(CNC(=O)c2c[nH]c(=O)[nH]2)sc1C(=O)O. The van der Waals surface area contributed by atoms with Crippen molar-refractivity contribution in [3.63, 3.8) is 0 Å². The number of imidazole rings is 1. The van der Waals surface area contributed by atoms with Gasteiger partial charge in [0, 0.05) is 6.20 Å². The van der Waals surface area contributed by atoms with Crippen LogP contribution in [0.1, 0.15) is 30.9 Å². The molecule has 2 aromatic heterocycles. The monoisotopic (exact) mass is 282 g/mol. The van der Waals surface area contributed by atoms with Crippen LogP contribution in [0.25, 0.3) is 0 Å². The number of carboxylic acid groups (broad SMARTS) is 1. The van der Waals surface area contributed by atoms with E-state index in [1.807, 2.05) is 0 Å². The molecule has 2 heterocycles. The molecule has 0 saturated heterocycles. The lowest BCUT2D eigenvalue weighted by Gasteiger charge is -1.99. The van der Waals surface area contributed by atoms with Gasteiger partial charge in [0.15, 0.2) is 0 Å². The van der Waals surface area contributed by atoms with Crippen LogP contribution in [0.2, 0.25) is 0 Å². The smallest absolute Gasteiger partial charge is 0.347 e. The van der Waals surface area contributed by atoms with E-state index in [1.165, 1.54) is 6.20 Å². The Hall–Kier alpha value is -2.42. The highest BCUT2D eigenvalue weighted by Crippen LogP contribution is 2.17. The molecule has 0 unspecified atom stereocenters. The average molecular weight is 282 g/mol. The largest absolute Gasteiger partial charge is 0.477 e. The second-order valence-corrected chi connectivity index (χ2v) is 4.75. The zero-order valence-electron chi connectivity index (χ0n) is 9.81. The summed E-state index contributed by atoms with van der Waals surface area (Å²) in [5.74, 6) is -1.51. The van der Waals surface area contributed by atoms with Crippen LogP contribution in [-0.4, -0.2) is 31.9 Å². The maximum atomic E-state index is 11.6. The number of carboxylic acids is 1. The van der Waals surface area contributed by atoms with Crippen LogP contribution in [0.5, 0.6) is 0 Å². The molecule has 2 aromatic rings. The topological polar surface area (TPSA) is 128 Å². The predicted molar refractivity (Wildman–Crippen MR) is 66.4 cm³/mol. The maximum absolute atomic E-state index is 11.6. The molecule has 0 radical (unpaired) electrons. The van der Waals surface area contributed by atoms with Gasteiger partial charge in [0.1, 0.15) is 15.6 Å². The number of hydrogen-bond acceptors (Lipinski definition) is 5. The molecule has 1 amide bonds. The van der Waals surface area contributed by atoms with Crippen LogP contribution in [0, 0.1) is 6.92 Å². The molecule has 19 heavy (non-hydrogen) atoms. The van der Waals surface area contributed by atoms with E-state index in [0.29, 0.717) is 10.7 Å². The molecule has 0 aliphatic heterocycles. The Kier molecular flexibility index (Phi) is 3.47. The highest BCUT2D eigenvalue weighted by Gasteiger charge is 2.15. The first-order chi connectivity index (χ1) is 8.97. The molecule has 0 atom stereocenters. The Labute approximate surface area is 110 Å². The lowest BCUT2D eigenvalue weighted by Crippen LogP contribution is -2.23. The van der Waals surface area contributed by atoms with Crippen molar-refractivity contribution in [2.24, 2.45) is 0 Å². The van der Waals surface area contributed by atoms with E-state index in [1.54, 1.807) is 6.92 Å². The van der Waals surface area contributed by atoms with Crippen LogP contribution in [0.4, 0.5) is 0 Å². The van der Waals surface area contributed by atoms with E-state index in [9.17, 15) is 14.4 Å². The number of aryl methyl sites for hydroxylation is 1. The number of carbonyl (C=O) groups excluding carboxylic acids is 1. The number of hydrogen-bond donors (Lipinski definition) is 4.